The Balaban J connectivity index is 0.00000146. The summed E-state index contributed by atoms with van der Waals surface area (Å²) >= 11 is 3.30. The molecule has 0 aromatic carbocycles. The molecule has 0 aliphatic carbocycles. The number of Topliss-reactive ketones (excluding diaryl/α,β-unsaturated/α-hetero) is 2. The van der Waals surface area contributed by atoms with E-state index in [9.17, 15) is 80.7 Å². The van der Waals surface area contributed by atoms with Crippen molar-refractivity contribution in [2.24, 2.45) is 15.3 Å². The highest BCUT2D eigenvalue weighted by Gasteiger charge is 2.45. The molecule has 2 aromatic heterocycles. The van der Waals surface area contributed by atoms with Gasteiger partial charge in [0.25, 0.3) is 5.91 Å². The van der Waals surface area contributed by atoms with Crippen LogP contribution >= 0.6 is 15.9 Å². The Morgan fingerprint density at radius 1 is 0.515 bits per heavy atom. The van der Waals surface area contributed by atoms with Crippen molar-refractivity contribution in [3.63, 3.8) is 0 Å². The third-order valence-corrected chi connectivity index (χ3v) is 19.8. The van der Waals surface area contributed by atoms with E-state index in [4.69, 9.17) is 0 Å². The van der Waals surface area contributed by atoms with Crippen molar-refractivity contribution in [2.75, 3.05) is 19.6 Å². The smallest absolute Gasteiger partial charge is 0.336 e. The lowest BCUT2D eigenvalue weighted by molar-refractivity contribution is -0.131. The lowest BCUT2D eigenvalue weighted by Gasteiger charge is -2.29. The third kappa shape index (κ3) is 41.0. The molecule has 43 heteroatoms. The van der Waals surface area contributed by atoms with Crippen molar-refractivity contribution >= 4 is 112 Å². The number of rotatable bonds is 14. The number of nitrogens with zero attached hydrogens (tertiary/aromatic N) is 17. The van der Waals surface area contributed by atoms with Gasteiger partial charge in [0.15, 0.2) is 17.4 Å². The Kier molecular flexibility index (Phi) is 52.0. The maximum atomic E-state index is 12.9. The summed E-state index contributed by atoms with van der Waals surface area (Å²) < 4.78 is 29.4. The van der Waals surface area contributed by atoms with E-state index in [1.165, 1.54) is 55.7 Å². The largest absolute Gasteiger partial charge is 0.348 e. The number of halogens is 3. The lowest BCUT2D eigenvalue weighted by atomic mass is 10.1. The van der Waals surface area contributed by atoms with Gasteiger partial charge in [-0.15, -0.1) is 0 Å². The molecule has 3 saturated heterocycles. The minimum absolute atomic E-state index is 0. The van der Waals surface area contributed by atoms with E-state index in [-0.39, 0.29) is 181 Å². The minimum atomic E-state index is -0.735. The number of carbonyl (C=O) groups excluding carboxylic acids is 13. The number of hydrogen-bond acceptors (Lipinski definition) is 20. The van der Waals surface area contributed by atoms with E-state index in [0.29, 0.717) is 48.2 Å². The van der Waals surface area contributed by atoms with Gasteiger partial charge in [-0.05, 0) is 242 Å². The number of urea groups is 8. The molecule has 0 bridgehead atoms. The number of hydrogen-bond donors (Lipinski definition) is 8. The Labute approximate surface area is 808 Å². The lowest BCUT2D eigenvalue weighted by Crippen LogP contribution is -2.48. The maximum Gasteiger partial charge on any atom is 0.348 e. The summed E-state index contributed by atoms with van der Waals surface area (Å²) in [6.07, 6.45) is 17.1. The number of ketones is 2. The quantitative estimate of drug-likeness (QED) is 0.0643. The van der Waals surface area contributed by atoms with Gasteiger partial charge >= 0.3 is 59.6 Å². The molecular formula is C93H148BrF2N25O15. The number of amides is 19. The number of imide groups is 1. The molecule has 3 fully saturated rings. The van der Waals surface area contributed by atoms with Crippen LogP contribution in [0.5, 0.6) is 0 Å². The van der Waals surface area contributed by atoms with Crippen molar-refractivity contribution in [3.05, 3.63) is 165 Å². The van der Waals surface area contributed by atoms with E-state index in [1.54, 1.807) is 103 Å². The maximum absolute atomic E-state index is 12.9. The van der Waals surface area contributed by atoms with Crippen molar-refractivity contribution in [2.45, 2.75) is 318 Å². The number of likely N-dealkylation sites (tertiary alicyclic amines) is 1. The van der Waals surface area contributed by atoms with Crippen LogP contribution in [0, 0.1) is 19.7 Å². The molecule has 136 heavy (non-hydrogen) atoms. The molecule has 2 aromatic rings. The summed E-state index contributed by atoms with van der Waals surface area (Å²) in [4.78, 5) is 185. The summed E-state index contributed by atoms with van der Waals surface area (Å²) in [5, 5.41) is 37.0. The van der Waals surface area contributed by atoms with Gasteiger partial charge in [0.1, 0.15) is 11.3 Å². The molecule has 12 heterocycles. The van der Waals surface area contributed by atoms with Crippen LogP contribution in [-0.4, -0.2) is 256 Å². The number of carbonyl (C=O) groups is 13. The van der Waals surface area contributed by atoms with Gasteiger partial charge in [-0.25, -0.2) is 71.8 Å². The molecular weight excluding hydrogens is 1830 g/mol. The van der Waals surface area contributed by atoms with Crippen LogP contribution in [0.3, 0.4) is 0 Å². The predicted octanol–water partition coefficient (Wildman–Crippen LogP) is 13.9. The van der Waals surface area contributed by atoms with E-state index in [0.717, 1.165) is 35.2 Å². The number of aryl methyl sites for hydroxylation is 2. The van der Waals surface area contributed by atoms with Gasteiger partial charge < -0.3 is 52.3 Å². The Morgan fingerprint density at radius 2 is 1.00 bits per heavy atom. The molecule has 0 saturated carbocycles. The van der Waals surface area contributed by atoms with Crippen molar-refractivity contribution in [1.82, 2.24) is 111 Å². The zero-order valence-corrected chi connectivity index (χ0v) is 85.6. The fraction of sp³-hybridized carbons (Fsp3) is 0.548. The van der Waals surface area contributed by atoms with E-state index in [1.807, 2.05) is 169 Å². The van der Waals surface area contributed by atoms with Gasteiger partial charge in [0, 0.05) is 135 Å². The van der Waals surface area contributed by atoms with E-state index >= 15 is 0 Å². The highest BCUT2D eigenvalue weighted by atomic mass is 79.9. The molecule has 40 nitrogen and oxygen atoms in total. The molecule has 1 atom stereocenters. The highest BCUT2D eigenvalue weighted by Crippen LogP contribution is 2.23. The molecule has 10 aliphatic heterocycles. The molecule has 8 N–H and O–H groups in total. The van der Waals surface area contributed by atoms with Gasteiger partial charge in [-0.3, -0.25) is 57.6 Å². The van der Waals surface area contributed by atoms with Gasteiger partial charge in [-0.2, -0.15) is 25.3 Å². The van der Waals surface area contributed by atoms with Gasteiger partial charge in [-0.1, -0.05) is 40.3 Å². The topological polar surface area (TPSA) is 457 Å². The zero-order chi connectivity index (χ0) is 104. The molecule has 756 valence electrons. The molecule has 19 amide bonds. The van der Waals surface area contributed by atoms with Gasteiger partial charge in [0.2, 0.25) is 11.8 Å². The second-order valence-electron chi connectivity index (χ2n) is 35.3. The van der Waals surface area contributed by atoms with Gasteiger partial charge in [0.05, 0.1) is 82.4 Å². The number of allylic oxidation sites excluding steroid dienone is 5. The summed E-state index contributed by atoms with van der Waals surface area (Å²) in [6.45, 7) is 75.6. The fourth-order valence-corrected chi connectivity index (χ4v) is 11.9. The summed E-state index contributed by atoms with van der Waals surface area (Å²) in [5.41, 5.74) is 2.77. The second-order valence-corrected chi connectivity index (χ2v) is 36.2. The van der Waals surface area contributed by atoms with Crippen LogP contribution in [0.4, 0.5) is 47.1 Å². The van der Waals surface area contributed by atoms with E-state index in [2.05, 4.69) is 117 Å². The summed E-state index contributed by atoms with van der Waals surface area (Å²) in [7, 11) is 0. The number of nitrogens with one attached hydrogen (secondary N) is 8. The molecule has 1 unspecified atom stereocenters. The van der Waals surface area contributed by atoms with Crippen LogP contribution in [0.1, 0.15) is 244 Å². The highest BCUT2D eigenvalue weighted by molar-refractivity contribution is 9.12. The van der Waals surface area contributed by atoms with Crippen LogP contribution in [0.25, 0.3) is 0 Å². The monoisotopic (exact) mass is 1970 g/mol. The Bertz CT molecular complexity index is 4780. The third-order valence-electron chi connectivity index (χ3n) is 19.2. The van der Waals surface area contributed by atoms with Crippen LogP contribution in [0.2, 0.25) is 0 Å². The zero-order valence-electron chi connectivity index (χ0n) is 84.0. The fourth-order valence-electron chi connectivity index (χ4n) is 11.6. The first-order valence-electron chi connectivity index (χ1n) is 44.2. The van der Waals surface area contributed by atoms with Crippen LogP contribution in [0.15, 0.2) is 152 Å². The first-order valence-corrected chi connectivity index (χ1v) is 45.0. The van der Waals surface area contributed by atoms with Crippen molar-refractivity contribution in [3.8, 4) is 0 Å². The average Bonchev–Trinajstić information content (AvgIpc) is 1.64. The SMILES string of the molecule is C.C=C1C=CN(C(C)C)C(=O)N1.C=C1C=NN(C(C)C)C(=O)N1.C=C1NC(=O)N(C(C)C)C=C1Br.C=C1NC(=O)N(C(C)C)C=C1F.C=C1NC(=O)N(C(C)C)N=C1C.CC(=O)CC1C=CN(C(C)C)C(=O)N1.CC(C)N1C(=O)NC(C)(C)C1=O.CC(C)N1CC(=O)CC1=O.CC(C)N1CCNC1=O.CC(C)N1N=CCC1=O.Cc1ccn(C(C)C)c(=O)n1.Cc1nc(=O)n(C(C)C)cc1F. The van der Waals surface area contributed by atoms with Crippen molar-refractivity contribution in [1.29, 1.82) is 0 Å². The normalized spacial score (nSPS) is 17.4. The second kappa shape index (κ2) is 57.6. The Morgan fingerprint density at radius 3 is 1.38 bits per heavy atom. The first kappa shape index (κ1) is 123. The molecule has 0 radical (unpaired) electrons. The van der Waals surface area contributed by atoms with E-state index < -0.39 is 22.9 Å². The predicted molar refractivity (Wildman–Crippen MR) is 529 cm³/mol. The number of aromatic nitrogens is 4. The van der Waals surface area contributed by atoms with Crippen molar-refractivity contribution < 1.29 is 71.1 Å². The number of hydrazone groups is 3. The summed E-state index contributed by atoms with van der Waals surface area (Å²) in [5.74, 6) is -0.893. The van der Waals surface area contributed by atoms with Crippen LogP contribution < -0.4 is 53.9 Å². The first-order chi connectivity index (χ1) is 62.3. The standard InChI is InChI=1S/C10H16N2O2.C8H11BrN2O.2C8H11FN2O.C8H13N3O.C8H14N2O2.2C8H12N2O.C7H11N3O.C7H11NO2.C6H12N2O.C6H10N2O.CH4/c1-7(2)12-5-4-9(6-8(3)13)11-10(12)14;3*1-5(2)11-4-7(9)6(3)10-8(11)12;1-5(2)11-8(12)9-6(3)7(4)10-11;1-5(2)10-6(11)8(3,4)9-7(10)12;2*1-6(2)10-5-4-7(3)9-8(10)11;1-5(2)10-7(11)9-6(3)4-8-10;1-5(2)8-4-6(9)3-7(8)10;1-5(2)8-4-3-7-6(8)9;1-5(2)8-6(9)3-4-7-8;/h4-5,7,9H,6H2,1-3H3,(H,11,14);4-5H,3H2,1-2H3,(H,10,12);4-5H,1-3H3;4-5H,3H2,1-2H3,(H,10,12);5H,3H2,1-2,4H3,(H,9,12);5H,1-4H3,(H,9,12);4-6H,1-3H3;4-6H,3H2,1-2H3,(H,9,11);4-5H,3H2,1-2H3,(H,9,11);5H,3-4H2,1-2H3;5H,3-4H2,1-2H3,(H,7,9);4-5H,3H2,1-2H3;1H4. The molecule has 0 spiro atoms. The van der Waals surface area contributed by atoms with Crippen LogP contribution in [-0.2, 0) is 24.0 Å². The summed E-state index contributed by atoms with van der Waals surface area (Å²) in [6, 6.07) is 1.73. The molecule has 10 aliphatic rings. The molecule has 12 rings (SSSR count). The Hall–Kier alpha value is -13.1. The average molecular weight is 1970 g/mol. The minimum Gasteiger partial charge on any atom is -0.336 e.